The second-order valence-corrected chi connectivity index (χ2v) is 9.56. The number of halogens is 1. The van der Waals surface area contributed by atoms with E-state index in [1.165, 1.54) is 13.8 Å². The van der Waals surface area contributed by atoms with Gasteiger partial charge in [-0.15, -0.1) is 0 Å². The first-order chi connectivity index (χ1) is 14.5. The zero-order valence-electron chi connectivity index (χ0n) is 17.1. The Hall–Kier alpha value is -2.71. The summed E-state index contributed by atoms with van der Waals surface area (Å²) < 4.78 is 25.2. The largest absolute Gasteiger partial charge is 0.386 e. The summed E-state index contributed by atoms with van der Waals surface area (Å²) in [6.07, 6.45) is -0.0177. The number of nitrogens with two attached hydrogens (primary N) is 1. The highest BCUT2D eigenvalue weighted by Gasteiger charge is 2.32. The van der Waals surface area contributed by atoms with E-state index >= 15 is 0 Å². The van der Waals surface area contributed by atoms with Crippen molar-refractivity contribution >= 4 is 33.2 Å². The summed E-state index contributed by atoms with van der Waals surface area (Å²) in [4.78, 5) is 12.5. The Morgan fingerprint density at radius 2 is 1.65 bits per heavy atom. The fourth-order valence-corrected chi connectivity index (χ4v) is 4.78. The third kappa shape index (κ3) is 5.32. The lowest BCUT2D eigenvalue weighted by molar-refractivity contribution is -0.115. The van der Waals surface area contributed by atoms with Gasteiger partial charge in [-0.25, -0.2) is 13.6 Å². The second-order valence-electron chi connectivity index (χ2n) is 7.65. The van der Waals surface area contributed by atoms with Crippen molar-refractivity contribution in [2.45, 2.75) is 30.8 Å². The van der Waals surface area contributed by atoms with Gasteiger partial charge in [-0.05, 0) is 37.1 Å². The summed E-state index contributed by atoms with van der Waals surface area (Å²) in [6, 6.07) is 18.9. The fraction of sp³-hybridized carbons (Fsp3) is 0.174. The van der Waals surface area contributed by atoms with Gasteiger partial charge < -0.3 is 10.4 Å². The van der Waals surface area contributed by atoms with Crippen LogP contribution in [0.5, 0.6) is 0 Å². The van der Waals surface area contributed by atoms with Crippen LogP contribution in [0.4, 0.5) is 5.69 Å². The molecular weight excluding hydrogens is 436 g/mol. The van der Waals surface area contributed by atoms with E-state index in [4.69, 9.17) is 16.7 Å². The van der Waals surface area contributed by atoms with E-state index in [0.29, 0.717) is 21.7 Å². The van der Waals surface area contributed by atoms with Gasteiger partial charge in [0.1, 0.15) is 0 Å². The van der Waals surface area contributed by atoms with Gasteiger partial charge in [-0.2, -0.15) is 0 Å². The maximum absolute atomic E-state index is 12.7. The van der Waals surface area contributed by atoms with Crippen molar-refractivity contribution in [3.05, 3.63) is 82.9 Å². The molecule has 0 aliphatic carbocycles. The smallest absolute Gasteiger partial charge is 0.239 e. The van der Waals surface area contributed by atoms with Crippen LogP contribution in [-0.4, -0.2) is 19.4 Å². The van der Waals surface area contributed by atoms with Crippen molar-refractivity contribution in [3.8, 4) is 11.1 Å². The monoisotopic (exact) mass is 458 g/mol. The summed E-state index contributed by atoms with van der Waals surface area (Å²) in [6.45, 7) is 2.88. The number of sulfonamides is 1. The lowest BCUT2D eigenvalue weighted by Crippen LogP contribution is -2.27. The Labute approximate surface area is 186 Å². The molecule has 0 fully saturated rings. The van der Waals surface area contributed by atoms with E-state index in [1.54, 1.807) is 66.7 Å². The van der Waals surface area contributed by atoms with Crippen LogP contribution in [0.1, 0.15) is 25.0 Å². The minimum atomic E-state index is -4.25. The highest BCUT2D eigenvalue weighted by Crippen LogP contribution is 2.39. The van der Waals surface area contributed by atoms with Gasteiger partial charge in [0, 0.05) is 21.8 Å². The van der Waals surface area contributed by atoms with Crippen LogP contribution in [-0.2, 0) is 26.8 Å². The van der Waals surface area contributed by atoms with Crippen molar-refractivity contribution in [1.29, 1.82) is 0 Å². The molecule has 0 spiro atoms. The van der Waals surface area contributed by atoms with Gasteiger partial charge >= 0.3 is 0 Å². The van der Waals surface area contributed by atoms with E-state index in [0.717, 1.165) is 0 Å². The highest BCUT2D eigenvalue weighted by atomic mass is 35.5. The van der Waals surface area contributed by atoms with E-state index in [2.05, 4.69) is 5.32 Å². The first-order valence-electron chi connectivity index (χ1n) is 9.50. The van der Waals surface area contributed by atoms with Crippen LogP contribution in [0.25, 0.3) is 11.1 Å². The van der Waals surface area contributed by atoms with Crippen molar-refractivity contribution < 1.29 is 18.3 Å². The molecule has 0 aromatic heterocycles. The molecule has 3 aromatic carbocycles. The Balaban J connectivity index is 2.13. The molecule has 1 amide bonds. The second kappa shape index (κ2) is 8.80. The SMILES string of the molecule is CC(C)(O)c1c(NC(=O)Cc2ccccc2Cl)ccc(-c2ccccc2)c1S(N)(=O)=O. The minimum Gasteiger partial charge on any atom is -0.386 e. The number of benzene rings is 3. The van der Waals surface area contributed by atoms with Gasteiger partial charge in [0.25, 0.3) is 0 Å². The van der Waals surface area contributed by atoms with Gasteiger partial charge in [-0.3, -0.25) is 4.79 Å². The predicted octanol–water partition coefficient (Wildman–Crippen LogP) is 4.06. The third-order valence-electron chi connectivity index (χ3n) is 4.72. The van der Waals surface area contributed by atoms with Crippen LogP contribution >= 0.6 is 11.6 Å². The number of hydrogen-bond acceptors (Lipinski definition) is 4. The standard InChI is InChI=1S/C23H23ClN2O4S/c1-23(2,28)21-19(26-20(27)14-16-10-6-7-11-18(16)24)13-12-17(22(21)31(25,29)30)15-8-4-3-5-9-15/h3-13,28H,14H2,1-2H3,(H,26,27)(H2,25,29,30). The quantitative estimate of drug-likeness (QED) is 0.517. The molecule has 4 N–H and O–H groups in total. The molecule has 31 heavy (non-hydrogen) atoms. The average molecular weight is 459 g/mol. The van der Waals surface area contributed by atoms with Crippen LogP contribution in [0, 0.1) is 0 Å². The zero-order chi connectivity index (χ0) is 22.8. The molecule has 3 aromatic rings. The van der Waals surface area contributed by atoms with Gasteiger partial charge in [0.2, 0.25) is 15.9 Å². The highest BCUT2D eigenvalue weighted by molar-refractivity contribution is 7.89. The molecule has 0 aliphatic rings. The molecule has 8 heteroatoms. The summed E-state index contributed by atoms with van der Waals surface area (Å²) in [5.41, 5.74) is 0.144. The Morgan fingerprint density at radius 1 is 1.03 bits per heavy atom. The number of carbonyl (C=O) groups excluding carboxylic acids is 1. The van der Waals surface area contributed by atoms with Crippen molar-refractivity contribution in [2.75, 3.05) is 5.32 Å². The van der Waals surface area contributed by atoms with Gasteiger partial charge in [-0.1, -0.05) is 66.2 Å². The number of rotatable bonds is 6. The Morgan fingerprint density at radius 3 is 2.23 bits per heavy atom. The molecule has 0 saturated carbocycles. The van der Waals surface area contributed by atoms with Crippen molar-refractivity contribution in [3.63, 3.8) is 0 Å². The predicted molar refractivity (Wildman–Crippen MR) is 122 cm³/mol. The fourth-order valence-electron chi connectivity index (χ4n) is 3.44. The van der Waals surface area contributed by atoms with Crippen LogP contribution in [0.2, 0.25) is 5.02 Å². The number of hydrogen-bond donors (Lipinski definition) is 3. The average Bonchev–Trinajstić information content (AvgIpc) is 2.68. The number of nitrogens with one attached hydrogen (secondary N) is 1. The number of primary sulfonamides is 1. The normalized spacial score (nSPS) is 11.9. The lowest BCUT2D eigenvalue weighted by atomic mass is 9.92. The Kier molecular flexibility index (Phi) is 6.52. The number of anilines is 1. The van der Waals surface area contributed by atoms with Crippen molar-refractivity contribution in [1.82, 2.24) is 0 Å². The Bertz CT molecular complexity index is 1220. The number of carbonyl (C=O) groups is 1. The summed E-state index contributed by atoms with van der Waals surface area (Å²) in [7, 11) is -4.25. The first kappa shape index (κ1) is 23.0. The first-order valence-corrected chi connectivity index (χ1v) is 11.4. The van der Waals surface area contributed by atoms with Crippen LogP contribution < -0.4 is 10.5 Å². The maximum atomic E-state index is 12.7. The molecule has 3 rings (SSSR count). The molecule has 0 radical (unpaired) electrons. The molecule has 0 bridgehead atoms. The van der Waals surface area contributed by atoms with Crippen LogP contribution in [0.3, 0.4) is 0 Å². The summed E-state index contributed by atoms with van der Waals surface area (Å²) >= 11 is 6.13. The molecule has 0 unspecified atom stereocenters. The number of aliphatic hydroxyl groups is 1. The van der Waals surface area contributed by atoms with E-state index < -0.39 is 21.5 Å². The molecule has 0 atom stereocenters. The summed E-state index contributed by atoms with van der Waals surface area (Å²) in [5.74, 6) is -0.411. The minimum absolute atomic E-state index is 0.0175. The van der Waals surface area contributed by atoms with E-state index in [1.807, 2.05) is 0 Å². The zero-order valence-corrected chi connectivity index (χ0v) is 18.7. The molecule has 0 aliphatic heterocycles. The third-order valence-corrected chi connectivity index (χ3v) is 6.08. The number of amides is 1. The lowest BCUT2D eigenvalue weighted by Gasteiger charge is -2.26. The molecule has 0 heterocycles. The molecule has 162 valence electrons. The summed E-state index contributed by atoms with van der Waals surface area (Å²) in [5, 5.41) is 19.6. The van der Waals surface area contributed by atoms with E-state index in [-0.39, 0.29) is 22.6 Å². The van der Waals surface area contributed by atoms with Gasteiger partial charge in [0.05, 0.1) is 16.9 Å². The molecule has 0 saturated heterocycles. The van der Waals surface area contributed by atoms with Gasteiger partial charge in [0.15, 0.2) is 0 Å². The van der Waals surface area contributed by atoms with E-state index in [9.17, 15) is 18.3 Å². The van der Waals surface area contributed by atoms with Crippen LogP contribution in [0.15, 0.2) is 71.6 Å². The molecular formula is C23H23ClN2O4S. The maximum Gasteiger partial charge on any atom is 0.239 e. The topological polar surface area (TPSA) is 109 Å². The van der Waals surface area contributed by atoms with Crippen molar-refractivity contribution in [2.24, 2.45) is 5.14 Å². The molecule has 6 nitrogen and oxygen atoms in total.